The van der Waals surface area contributed by atoms with E-state index in [4.69, 9.17) is 24.3 Å². The Kier molecular flexibility index (Phi) is 75.4. The number of esters is 2. The molecule has 0 aromatic carbocycles. The molecule has 0 heterocycles. The summed E-state index contributed by atoms with van der Waals surface area (Å²) in [6.07, 6.45) is 107. The standard InChI is InChI=1S/C83H150NO8P/c1-3-5-7-9-11-13-15-17-19-21-23-25-27-29-31-33-35-37-39-40-42-43-45-47-49-51-53-55-57-59-61-63-65-67-69-71-73-75-82(85)89-79-81(80-91-93(87,88)90-78-77-84)92-83(86)76-74-72-70-68-66-64-62-60-58-56-54-52-50-48-46-44-41-38-36-34-32-30-28-26-24-22-20-18-16-14-12-10-8-6-4-2/h6,8,12,14-15,17-18,20-21,23-24,26,30,32,36,38,81H,3-5,7,9-11,13,16,19,22,25,27-29,31,33-35,37,39-80,84H2,1-2H3,(H,87,88)/b8-6-,14-12-,17-15-,20-18-,23-21-,26-24-,32-30-,38-36-. The molecule has 2 atom stereocenters. The lowest BCUT2D eigenvalue weighted by molar-refractivity contribution is -0.161. The van der Waals surface area contributed by atoms with Crippen molar-refractivity contribution in [1.82, 2.24) is 0 Å². The van der Waals surface area contributed by atoms with Crippen LogP contribution in [0.2, 0.25) is 0 Å². The molecule has 0 saturated heterocycles. The number of phosphoric acid groups is 1. The molecule has 0 aliphatic heterocycles. The highest BCUT2D eigenvalue weighted by Crippen LogP contribution is 2.43. The average molecular weight is 1320 g/mol. The zero-order chi connectivity index (χ0) is 67.2. The van der Waals surface area contributed by atoms with Gasteiger partial charge in [0.15, 0.2) is 6.10 Å². The van der Waals surface area contributed by atoms with Crippen molar-refractivity contribution in [2.24, 2.45) is 5.73 Å². The van der Waals surface area contributed by atoms with Crippen molar-refractivity contribution in [3.8, 4) is 0 Å². The first-order valence-electron chi connectivity index (χ1n) is 39.7. The van der Waals surface area contributed by atoms with Gasteiger partial charge in [-0.05, 0) is 96.3 Å². The Bertz CT molecular complexity index is 1850. The third-order valence-electron chi connectivity index (χ3n) is 17.5. The predicted octanol–water partition coefficient (Wildman–Crippen LogP) is 26.6. The molecule has 0 radical (unpaired) electrons. The van der Waals surface area contributed by atoms with Gasteiger partial charge in [-0.15, -0.1) is 0 Å². The van der Waals surface area contributed by atoms with Crippen molar-refractivity contribution in [1.29, 1.82) is 0 Å². The molecule has 0 aliphatic carbocycles. The maximum absolute atomic E-state index is 12.8. The summed E-state index contributed by atoms with van der Waals surface area (Å²) >= 11 is 0. The van der Waals surface area contributed by atoms with Crippen LogP contribution in [0.3, 0.4) is 0 Å². The van der Waals surface area contributed by atoms with Gasteiger partial charge in [0.2, 0.25) is 0 Å². The maximum Gasteiger partial charge on any atom is 0.472 e. The van der Waals surface area contributed by atoms with Gasteiger partial charge in [-0.1, -0.05) is 374 Å². The van der Waals surface area contributed by atoms with Gasteiger partial charge in [0.05, 0.1) is 13.2 Å². The van der Waals surface area contributed by atoms with Gasteiger partial charge in [-0.3, -0.25) is 18.6 Å². The smallest absolute Gasteiger partial charge is 0.462 e. The Hall–Kier alpha value is -3.07. The summed E-state index contributed by atoms with van der Waals surface area (Å²) in [5.41, 5.74) is 5.42. The Labute approximate surface area is 576 Å². The molecular weight excluding hydrogens is 1170 g/mol. The number of carbonyl (C=O) groups excluding carboxylic acids is 2. The first-order chi connectivity index (χ1) is 45.8. The summed E-state index contributed by atoms with van der Waals surface area (Å²) in [6, 6.07) is 0. The van der Waals surface area contributed by atoms with Crippen LogP contribution < -0.4 is 5.73 Å². The number of phosphoric ester groups is 1. The second-order valence-corrected chi connectivity index (χ2v) is 28.0. The van der Waals surface area contributed by atoms with Crippen molar-refractivity contribution >= 4 is 19.8 Å². The number of carbonyl (C=O) groups is 2. The molecule has 0 spiro atoms. The van der Waals surface area contributed by atoms with Crippen molar-refractivity contribution in [2.75, 3.05) is 26.4 Å². The normalized spacial score (nSPS) is 13.4. The number of ether oxygens (including phenoxy) is 2. The molecule has 0 fully saturated rings. The number of hydrogen-bond acceptors (Lipinski definition) is 8. The fraction of sp³-hybridized carbons (Fsp3) is 0.783. The van der Waals surface area contributed by atoms with Gasteiger partial charge in [0.1, 0.15) is 6.61 Å². The minimum absolute atomic E-state index is 0.0528. The molecule has 93 heavy (non-hydrogen) atoms. The summed E-state index contributed by atoms with van der Waals surface area (Å²) in [4.78, 5) is 35.5. The van der Waals surface area contributed by atoms with Crippen molar-refractivity contribution < 1.29 is 37.6 Å². The lowest BCUT2D eigenvalue weighted by atomic mass is 10.0. The summed E-state index contributed by atoms with van der Waals surface area (Å²) < 4.78 is 33.3. The van der Waals surface area contributed by atoms with Crippen molar-refractivity contribution in [3.63, 3.8) is 0 Å². The van der Waals surface area contributed by atoms with Crippen LogP contribution in [-0.4, -0.2) is 49.3 Å². The molecule has 0 aromatic heterocycles. The third-order valence-corrected chi connectivity index (χ3v) is 18.4. The molecule has 2 unspecified atom stereocenters. The Morgan fingerprint density at radius 1 is 0.333 bits per heavy atom. The molecule has 0 amide bonds. The molecule has 540 valence electrons. The summed E-state index contributed by atoms with van der Waals surface area (Å²) in [7, 11) is -4.40. The van der Waals surface area contributed by atoms with Crippen LogP contribution in [0, 0.1) is 0 Å². The lowest BCUT2D eigenvalue weighted by Gasteiger charge is -2.19. The number of nitrogens with two attached hydrogens (primary N) is 1. The number of rotatable bonds is 75. The van der Waals surface area contributed by atoms with E-state index < -0.39 is 26.5 Å². The average Bonchev–Trinajstić information content (AvgIpc) is 3.70. The summed E-state index contributed by atoms with van der Waals surface area (Å²) in [6.45, 7) is 3.68. The topological polar surface area (TPSA) is 134 Å². The van der Waals surface area contributed by atoms with E-state index in [1.807, 2.05) is 0 Å². The van der Waals surface area contributed by atoms with Gasteiger partial charge < -0.3 is 20.1 Å². The highest BCUT2D eigenvalue weighted by Gasteiger charge is 2.26. The fourth-order valence-corrected chi connectivity index (χ4v) is 12.4. The largest absolute Gasteiger partial charge is 0.472 e. The molecule has 10 heteroatoms. The second-order valence-electron chi connectivity index (χ2n) is 26.6. The third kappa shape index (κ3) is 77.8. The Balaban J connectivity index is 3.79. The zero-order valence-electron chi connectivity index (χ0n) is 61.0. The van der Waals surface area contributed by atoms with Gasteiger partial charge >= 0.3 is 19.8 Å². The highest BCUT2D eigenvalue weighted by atomic mass is 31.2. The Morgan fingerprint density at radius 2 is 0.591 bits per heavy atom. The highest BCUT2D eigenvalue weighted by molar-refractivity contribution is 7.47. The monoisotopic (exact) mass is 1320 g/mol. The van der Waals surface area contributed by atoms with Gasteiger partial charge in [0, 0.05) is 19.4 Å². The molecule has 0 saturated carbocycles. The zero-order valence-corrected chi connectivity index (χ0v) is 61.9. The van der Waals surface area contributed by atoms with Crippen molar-refractivity contribution in [3.05, 3.63) is 97.2 Å². The molecule has 9 nitrogen and oxygen atoms in total. The van der Waals surface area contributed by atoms with E-state index in [0.717, 1.165) is 83.5 Å². The van der Waals surface area contributed by atoms with Gasteiger partial charge in [0.25, 0.3) is 0 Å². The van der Waals surface area contributed by atoms with Crippen LogP contribution in [0.25, 0.3) is 0 Å². The van der Waals surface area contributed by atoms with E-state index in [-0.39, 0.29) is 38.6 Å². The summed E-state index contributed by atoms with van der Waals surface area (Å²) in [5, 5.41) is 0. The van der Waals surface area contributed by atoms with E-state index in [9.17, 15) is 19.0 Å². The Morgan fingerprint density at radius 3 is 0.882 bits per heavy atom. The SMILES string of the molecule is CC/C=C\C/C=C\C/C=C\C/C=C\C/C=C\C/C=C\CCCCCCCCCCCCCCCCCCC(=O)OC(COC(=O)CCCCCCCCCCCCCCCCCCCCCCCCCCC/C=C\C/C=C\CCCCCCC)COP(=O)(O)OCCN. The van der Waals surface area contributed by atoms with Crippen LogP contribution >= 0.6 is 7.82 Å². The first kappa shape index (κ1) is 89.9. The second kappa shape index (κ2) is 77.9. The van der Waals surface area contributed by atoms with Crippen LogP contribution in [0.15, 0.2) is 97.2 Å². The fourth-order valence-electron chi connectivity index (χ4n) is 11.6. The van der Waals surface area contributed by atoms with Gasteiger partial charge in [-0.25, -0.2) is 4.57 Å². The molecule has 0 aromatic rings. The van der Waals surface area contributed by atoms with E-state index >= 15 is 0 Å². The number of allylic oxidation sites excluding steroid dienone is 16. The molecule has 0 rings (SSSR count). The van der Waals surface area contributed by atoms with Crippen LogP contribution in [0.5, 0.6) is 0 Å². The minimum atomic E-state index is -4.40. The number of unbranched alkanes of at least 4 members (excludes halogenated alkanes) is 46. The molecule has 0 bridgehead atoms. The van der Waals surface area contributed by atoms with Gasteiger partial charge in [-0.2, -0.15) is 0 Å². The molecule has 3 N–H and O–H groups in total. The van der Waals surface area contributed by atoms with E-state index in [1.54, 1.807) is 0 Å². The van der Waals surface area contributed by atoms with Crippen molar-refractivity contribution in [2.45, 2.75) is 392 Å². The van der Waals surface area contributed by atoms with E-state index in [1.165, 1.54) is 270 Å². The van der Waals surface area contributed by atoms with Crippen LogP contribution in [-0.2, 0) is 32.7 Å². The maximum atomic E-state index is 12.8. The molecule has 0 aliphatic rings. The quantitative estimate of drug-likeness (QED) is 0.0264. The van der Waals surface area contributed by atoms with Crippen LogP contribution in [0.4, 0.5) is 0 Å². The number of hydrogen-bond donors (Lipinski definition) is 2. The van der Waals surface area contributed by atoms with E-state index in [2.05, 4.69) is 111 Å². The van der Waals surface area contributed by atoms with E-state index in [0.29, 0.717) is 6.42 Å². The summed E-state index contributed by atoms with van der Waals surface area (Å²) in [5.74, 6) is -0.811. The van der Waals surface area contributed by atoms with Crippen LogP contribution in [0.1, 0.15) is 386 Å². The predicted molar refractivity (Wildman–Crippen MR) is 404 cm³/mol. The lowest BCUT2D eigenvalue weighted by Crippen LogP contribution is -2.29. The minimum Gasteiger partial charge on any atom is -0.462 e. The first-order valence-corrected chi connectivity index (χ1v) is 41.2. The molecular formula is C83H150NO8P.